The fraction of sp³-hybridized carbons (Fsp3) is 0.533. The number of halogens is 2. The first-order valence-corrected chi connectivity index (χ1v) is 7.88. The second kappa shape index (κ2) is 6.20. The molecule has 0 amide bonds. The van der Waals surface area contributed by atoms with Crippen LogP contribution in [0.2, 0.25) is 5.15 Å². The predicted octanol–water partition coefficient (Wildman–Crippen LogP) is 3.63. The highest BCUT2D eigenvalue weighted by Gasteiger charge is 2.21. The third kappa shape index (κ3) is 3.38. The summed E-state index contributed by atoms with van der Waals surface area (Å²) in [5.41, 5.74) is 1.90. The monoisotopic (exact) mass is 323 g/mol. The van der Waals surface area contributed by atoms with Gasteiger partial charge in [0.1, 0.15) is 11.3 Å². The Balaban J connectivity index is 1.82. The molecule has 0 saturated heterocycles. The number of hydrogen-bond acceptors (Lipinski definition) is 4. The highest BCUT2D eigenvalue weighted by molar-refractivity contribution is 6.29. The molecule has 1 saturated carbocycles. The highest BCUT2D eigenvalue weighted by atomic mass is 35.5. The standard InChI is InChI=1S/C15H19ClFN5/c1-9-7-10(2)22(21-9)14-8-13(16)19-15(20-14)18-12-5-3-11(17)4-6-12/h7-8,11-12H,3-6H2,1-2H3,(H,18,19,20). The summed E-state index contributed by atoms with van der Waals surface area (Å²) in [6.07, 6.45) is 2.06. The van der Waals surface area contributed by atoms with Gasteiger partial charge in [0, 0.05) is 17.8 Å². The third-order valence-electron chi connectivity index (χ3n) is 3.90. The van der Waals surface area contributed by atoms with Crippen molar-refractivity contribution in [3.05, 3.63) is 28.7 Å². The lowest BCUT2D eigenvalue weighted by Crippen LogP contribution is -2.27. The fourth-order valence-electron chi connectivity index (χ4n) is 2.82. The smallest absolute Gasteiger partial charge is 0.226 e. The fourth-order valence-corrected chi connectivity index (χ4v) is 3.00. The summed E-state index contributed by atoms with van der Waals surface area (Å²) >= 11 is 6.11. The maximum atomic E-state index is 13.2. The molecule has 7 heteroatoms. The Morgan fingerprint density at radius 3 is 2.55 bits per heavy atom. The number of alkyl halides is 1. The molecule has 3 rings (SSSR count). The van der Waals surface area contributed by atoms with E-state index in [0.29, 0.717) is 29.8 Å². The molecule has 0 unspecified atom stereocenters. The maximum absolute atomic E-state index is 13.2. The van der Waals surface area contributed by atoms with E-state index in [0.717, 1.165) is 24.2 Å². The van der Waals surface area contributed by atoms with Gasteiger partial charge in [0.25, 0.3) is 0 Å². The number of nitrogens with zero attached hydrogens (tertiary/aromatic N) is 4. The Labute approximate surface area is 133 Å². The Morgan fingerprint density at radius 2 is 1.91 bits per heavy atom. The molecule has 1 N–H and O–H groups in total. The van der Waals surface area contributed by atoms with Gasteiger partial charge in [-0.15, -0.1) is 0 Å². The molecule has 0 bridgehead atoms. The molecular formula is C15H19ClFN5. The molecule has 0 aliphatic heterocycles. The van der Waals surface area contributed by atoms with Crippen LogP contribution in [0, 0.1) is 13.8 Å². The molecule has 2 heterocycles. The molecule has 2 aromatic rings. The molecule has 0 aromatic carbocycles. The van der Waals surface area contributed by atoms with E-state index < -0.39 is 6.17 Å². The largest absolute Gasteiger partial charge is 0.351 e. The molecular weight excluding hydrogens is 305 g/mol. The van der Waals surface area contributed by atoms with E-state index in [-0.39, 0.29) is 6.04 Å². The first-order chi connectivity index (χ1) is 10.5. The van der Waals surface area contributed by atoms with Gasteiger partial charge in [-0.25, -0.2) is 14.1 Å². The van der Waals surface area contributed by atoms with E-state index in [1.54, 1.807) is 10.7 Å². The lowest BCUT2D eigenvalue weighted by atomic mass is 9.94. The number of aromatic nitrogens is 4. The van der Waals surface area contributed by atoms with Gasteiger partial charge in [0.15, 0.2) is 5.82 Å². The van der Waals surface area contributed by atoms with Crippen molar-refractivity contribution in [2.24, 2.45) is 0 Å². The third-order valence-corrected chi connectivity index (χ3v) is 4.09. The second-order valence-corrected chi connectivity index (χ2v) is 6.19. The Morgan fingerprint density at radius 1 is 1.18 bits per heavy atom. The van der Waals surface area contributed by atoms with Gasteiger partial charge in [-0.2, -0.15) is 10.1 Å². The van der Waals surface area contributed by atoms with Crippen molar-refractivity contribution in [3.8, 4) is 5.82 Å². The van der Waals surface area contributed by atoms with Crippen molar-refractivity contribution in [3.63, 3.8) is 0 Å². The normalized spacial score (nSPS) is 21.8. The molecule has 0 radical (unpaired) electrons. The highest BCUT2D eigenvalue weighted by Crippen LogP contribution is 2.24. The van der Waals surface area contributed by atoms with E-state index in [9.17, 15) is 4.39 Å². The van der Waals surface area contributed by atoms with Crippen molar-refractivity contribution >= 4 is 17.5 Å². The Kier molecular flexibility index (Phi) is 4.29. The number of aryl methyl sites for hydroxylation is 2. The van der Waals surface area contributed by atoms with Gasteiger partial charge < -0.3 is 5.32 Å². The molecule has 1 fully saturated rings. The first-order valence-electron chi connectivity index (χ1n) is 7.50. The zero-order chi connectivity index (χ0) is 15.7. The summed E-state index contributed by atoms with van der Waals surface area (Å²) in [7, 11) is 0. The van der Waals surface area contributed by atoms with Crippen LogP contribution in [0.1, 0.15) is 37.1 Å². The van der Waals surface area contributed by atoms with Gasteiger partial charge in [-0.05, 0) is 45.6 Å². The summed E-state index contributed by atoms with van der Waals surface area (Å²) in [5.74, 6) is 1.10. The molecule has 2 aromatic heterocycles. The summed E-state index contributed by atoms with van der Waals surface area (Å²) < 4.78 is 14.9. The van der Waals surface area contributed by atoms with Gasteiger partial charge in [0.2, 0.25) is 5.95 Å². The average Bonchev–Trinajstić information content (AvgIpc) is 2.80. The van der Waals surface area contributed by atoms with Crippen molar-refractivity contribution in [1.29, 1.82) is 0 Å². The number of nitrogens with one attached hydrogen (secondary N) is 1. The topological polar surface area (TPSA) is 55.6 Å². The first kappa shape index (κ1) is 15.2. The molecule has 1 aliphatic carbocycles. The zero-order valence-corrected chi connectivity index (χ0v) is 13.4. The maximum Gasteiger partial charge on any atom is 0.226 e. The van der Waals surface area contributed by atoms with Crippen LogP contribution in [0.4, 0.5) is 10.3 Å². The lowest BCUT2D eigenvalue weighted by molar-refractivity contribution is 0.241. The van der Waals surface area contributed by atoms with Gasteiger partial charge >= 0.3 is 0 Å². The van der Waals surface area contributed by atoms with Crippen molar-refractivity contribution in [2.45, 2.75) is 51.7 Å². The van der Waals surface area contributed by atoms with E-state index >= 15 is 0 Å². The quantitative estimate of drug-likeness (QED) is 0.876. The molecule has 0 spiro atoms. The number of hydrogen-bond donors (Lipinski definition) is 1. The van der Waals surface area contributed by atoms with Crippen LogP contribution in [0.3, 0.4) is 0 Å². The van der Waals surface area contributed by atoms with Crippen LogP contribution >= 0.6 is 11.6 Å². The molecule has 0 atom stereocenters. The van der Waals surface area contributed by atoms with E-state index in [1.807, 2.05) is 19.9 Å². The van der Waals surface area contributed by atoms with Crippen LogP contribution in [0.15, 0.2) is 12.1 Å². The lowest BCUT2D eigenvalue weighted by Gasteiger charge is -2.25. The SMILES string of the molecule is Cc1cc(C)n(-c2cc(Cl)nc(NC3CCC(F)CC3)n2)n1. The van der Waals surface area contributed by atoms with E-state index in [2.05, 4.69) is 20.4 Å². The summed E-state index contributed by atoms with van der Waals surface area (Å²) in [5, 5.41) is 8.03. The molecule has 5 nitrogen and oxygen atoms in total. The zero-order valence-electron chi connectivity index (χ0n) is 12.7. The summed E-state index contributed by atoms with van der Waals surface area (Å²) in [6.45, 7) is 3.90. The predicted molar refractivity (Wildman–Crippen MR) is 84.4 cm³/mol. The average molecular weight is 324 g/mol. The second-order valence-electron chi connectivity index (χ2n) is 5.80. The minimum atomic E-state index is -0.677. The summed E-state index contributed by atoms with van der Waals surface area (Å²) in [4.78, 5) is 8.71. The molecule has 22 heavy (non-hydrogen) atoms. The minimum Gasteiger partial charge on any atom is -0.351 e. The summed E-state index contributed by atoms with van der Waals surface area (Å²) in [6, 6.07) is 3.86. The van der Waals surface area contributed by atoms with Crippen LogP contribution in [-0.4, -0.2) is 32.0 Å². The van der Waals surface area contributed by atoms with Crippen molar-refractivity contribution in [2.75, 3.05) is 5.32 Å². The number of rotatable bonds is 3. The molecule has 1 aliphatic rings. The minimum absolute atomic E-state index is 0.193. The number of anilines is 1. The van der Waals surface area contributed by atoms with E-state index in [1.165, 1.54) is 0 Å². The van der Waals surface area contributed by atoms with Gasteiger partial charge in [-0.3, -0.25) is 0 Å². The van der Waals surface area contributed by atoms with Crippen molar-refractivity contribution in [1.82, 2.24) is 19.7 Å². The van der Waals surface area contributed by atoms with Gasteiger partial charge in [-0.1, -0.05) is 11.6 Å². The Hall–Kier alpha value is -1.69. The van der Waals surface area contributed by atoms with Crippen LogP contribution in [0.5, 0.6) is 0 Å². The van der Waals surface area contributed by atoms with Crippen LogP contribution in [-0.2, 0) is 0 Å². The van der Waals surface area contributed by atoms with Crippen LogP contribution in [0.25, 0.3) is 5.82 Å². The van der Waals surface area contributed by atoms with E-state index in [4.69, 9.17) is 11.6 Å². The van der Waals surface area contributed by atoms with Gasteiger partial charge in [0.05, 0.1) is 5.69 Å². The van der Waals surface area contributed by atoms with Crippen LogP contribution < -0.4 is 5.32 Å². The Bertz CT molecular complexity index is 664. The van der Waals surface area contributed by atoms with Crippen molar-refractivity contribution < 1.29 is 4.39 Å². The molecule has 118 valence electrons.